The Balaban J connectivity index is 1.50. The molecule has 0 spiro atoms. The van der Waals surface area contributed by atoms with E-state index in [2.05, 4.69) is 20.3 Å². The number of rotatable bonds is 6. The zero-order chi connectivity index (χ0) is 20.2. The van der Waals surface area contributed by atoms with E-state index in [9.17, 15) is 4.79 Å². The first-order valence-corrected chi connectivity index (χ1v) is 8.98. The highest BCUT2D eigenvalue weighted by atomic mass is 16.5. The Kier molecular flexibility index (Phi) is 5.07. The number of ether oxygens (including phenoxy) is 2. The van der Waals surface area contributed by atoms with Gasteiger partial charge in [0.15, 0.2) is 18.1 Å². The van der Waals surface area contributed by atoms with E-state index in [1.54, 1.807) is 37.6 Å². The first-order valence-electron chi connectivity index (χ1n) is 8.98. The van der Waals surface area contributed by atoms with Gasteiger partial charge in [-0.05, 0) is 37.3 Å². The molecule has 0 aliphatic carbocycles. The van der Waals surface area contributed by atoms with Gasteiger partial charge in [0, 0.05) is 12.4 Å². The molecule has 4 aromatic rings. The molecule has 8 heteroatoms. The molecule has 0 fully saturated rings. The highest BCUT2D eigenvalue weighted by Gasteiger charge is 2.14. The average Bonchev–Trinajstić information content (AvgIpc) is 3.08. The van der Waals surface area contributed by atoms with Gasteiger partial charge in [0.25, 0.3) is 5.91 Å². The number of hydrogen-bond donors (Lipinski definition) is 1. The lowest BCUT2D eigenvalue weighted by molar-refractivity contribution is -0.118. The maximum Gasteiger partial charge on any atom is 0.264 e. The van der Waals surface area contributed by atoms with Gasteiger partial charge < -0.3 is 9.47 Å². The third-order valence-electron chi connectivity index (χ3n) is 4.28. The number of carbonyl (C=O) groups excluding carboxylic acids is 1. The molecule has 0 aliphatic rings. The number of aromatic nitrogens is 4. The molecular weight excluding hydrogens is 370 g/mol. The zero-order valence-corrected chi connectivity index (χ0v) is 16.0. The number of para-hydroxylation sites is 2. The maximum atomic E-state index is 12.3. The summed E-state index contributed by atoms with van der Waals surface area (Å²) in [6.45, 7) is 1.73. The van der Waals surface area contributed by atoms with Gasteiger partial charge >= 0.3 is 0 Å². The average molecular weight is 389 g/mol. The molecule has 1 amide bonds. The molecule has 1 aromatic carbocycles. The first-order chi connectivity index (χ1) is 14.2. The Morgan fingerprint density at radius 2 is 1.86 bits per heavy atom. The predicted octanol–water partition coefficient (Wildman–Crippen LogP) is 3.13. The van der Waals surface area contributed by atoms with Gasteiger partial charge in [-0.3, -0.25) is 14.5 Å². The van der Waals surface area contributed by atoms with Gasteiger partial charge in [0.05, 0.1) is 24.2 Å². The summed E-state index contributed by atoms with van der Waals surface area (Å²) in [6, 6.07) is 14.7. The molecule has 0 unspecified atom stereocenters. The van der Waals surface area contributed by atoms with E-state index in [0.29, 0.717) is 17.2 Å². The molecule has 0 saturated heterocycles. The molecule has 0 bridgehead atoms. The molecule has 4 rings (SSSR count). The fraction of sp³-hybridized carbons (Fsp3) is 0.143. The van der Waals surface area contributed by atoms with E-state index in [1.165, 1.54) is 0 Å². The Bertz CT molecular complexity index is 1170. The van der Waals surface area contributed by atoms with Crippen LogP contribution in [0.4, 0.5) is 5.95 Å². The van der Waals surface area contributed by atoms with Crippen molar-refractivity contribution in [1.82, 2.24) is 19.4 Å². The van der Waals surface area contributed by atoms with Crippen molar-refractivity contribution in [3.8, 4) is 22.9 Å². The van der Waals surface area contributed by atoms with Gasteiger partial charge in [-0.15, -0.1) is 0 Å². The zero-order valence-electron chi connectivity index (χ0n) is 16.0. The van der Waals surface area contributed by atoms with Crippen LogP contribution in [-0.2, 0) is 4.79 Å². The van der Waals surface area contributed by atoms with Crippen LogP contribution in [0.2, 0.25) is 0 Å². The van der Waals surface area contributed by atoms with Gasteiger partial charge in [0.1, 0.15) is 5.65 Å². The largest absolute Gasteiger partial charge is 0.493 e. The number of pyridine rings is 1. The van der Waals surface area contributed by atoms with Crippen molar-refractivity contribution in [2.45, 2.75) is 6.92 Å². The van der Waals surface area contributed by atoms with E-state index in [1.807, 2.05) is 41.8 Å². The maximum absolute atomic E-state index is 12.3. The molecule has 8 nitrogen and oxygen atoms in total. The van der Waals surface area contributed by atoms with Gasteiger partial charge in [-0.1, -0.05) is 18.2 Å². The Morgan fingerprint density at radius 3 is 2.69 bits per heavy atom. The number of carbonyl (C=O) groups is 1. The van der Waals surface area contributed by atoms with Gasteiger partial charge in [-0.25, -0.2) is 15.0 Å². The minimum absolute atomic E-state index is 0.192. The van der Waals surface area contributed by atoms with Crippen LogP contribution in [0.25, 0.3) is 17.0 Å². The van der Waals surface area contributed by atoms with Crippen LogP contribution in [0.15, 0.2) is 60.9 Å². The standard InChI is InChI=1S/C21H19N5O3/c1-14-20(26-12-6-5-9-18(26)23-14)15-10-11-22-21(24-15)25-19(27)13-29-17-8-4-3-7-16(17)28-2/h3-12H,13H2,1-2H3,(H,22,24,25,27). The molecule has 0 aliphatic heterocycles. The summed E-state index contributed by atoms with van der Waals surface area (Å²) in [7, 11) is 1.55. The lowest BCUT2D eigenvalue weighted by Gasteiger charge is -2.10. The van der Waals surface area contributed by atoms with Crippen molar-refractivity contribution >= 4 is 17.5 Å². The van der Waals surface area contributed by atoms with E-state index in [-0.39, 0.29) is 18.5 Å². The monoisotopic (exact) mass is 389 g/mol. The van der Waals surface area contributed by atoms with Crippen LogP contribution >= 0.6 is 0 Å². The molecule has 1 N–H and O–H groups in total. The molecule has 0 radical (unpaired) electrons. The lowest BCUT2D eigenvalue weighted by Crippen LogP contribution is -2.21. The summed E-state index contributed by atoms with van der Waals surface area (Å²) in [4.78, 5) is 25.4. The molecule has 0 saturated carbocycles. The number of anilines is 1. The van der Waals surface area contributed by atoms with Crippen molar-refractivity contribution < 1.29 is 14.3 Å². The summed E-state index contributed by atoms with van der Waals surface area (Å²) in [5.74, 6) is 0.868. The van der Waals surface area contributed by atoms with Crippen molar-refractivity contribution in [3.05, 3.63) is 66.6 Å². The number of aryl methyl sites for hydroxylation is 1. The Labute approximate surface area is 167 Å². The fourth-order valence-electron chi connectivity index (χ4n) is 3.02. The smallest absolute Gasteiger partial charge is 0.264 e. The van der Waals surface area contributed by atoms with E-state index in [0.717, 1.165) is 17.0 Å². The number of fused-ring (bicyclic) bond motifs is 1. The molecule has 0 atom stereocenters. The number of methoxy groups -OCH3 is 1. The summed E-state index contributed by atoms with van der Waals surface area (Å²) < 4.78 is 12.7. The summed E-state index contributed by atoms with van der Waals surface area (Å²) in [5, 5.41) is 2.66. The molecule has 146 valence electrons. The second-order valence-electron chi connectivity index (χ2n) is 6.23. The summed E-state index contributed by atoms with van der Waals surface area (Å²) >= 11 is 0. The van der Waals surface area contributed by atoms with Crippen LogP contribution in [-0.4, -0.2) is 39.0 Å². The number of benzene rings is 1. The van der Waals surface area contributed by atoms with Crippen molar-refractivity contribution in [1.29, 1.82) is 0 Å². The normalized spacial score (nSPS) is 10.7. The Morgan fingerprint density at radius 1 is 1.07 bits per heavy atom. The minimum atomic E-state index is -0.372. The van der Waals surface area contributed by atoms with Crippen molar-refractivity contribution in [2.24, 2.45) is 0 Å². The van der Waals surface area contributed by atoms with Crippen LogP contribution < -0.4 is 14.8 Å². The number of nitrogens with one attached hydrogen (secondary N) is 1. The number of amides is 1. The molecule has 3 heterocycles. The van der Waals surface area contributed by atoms with Crippen LogP contribution in [0.3, 0.4) is 0 Å². The molecular formula is C21H19N5O3. The van der Waals surface area contributed by atoms with Crippen molar-refractivity contribution in [3.63, 3.8) is 0 Å². The lowest BCUT2D eigenvalue weighted by atomic mass is 10.2. The fourth-order valence-corrected chi connectivity index (χ4v) is 3.02. The van der Waals surface area contributed by atoms with E-state index >= 15 is 0 Å². The van der Waals surface area contributed by atoms with Crippen molar-refractivity contribution in [2.75, 3.05) is 19.0 Å². The summed E-state index contributed by atoms with van der Waals surface area (Å²) in [6.07, 6.45) is 3.52. The number of imidazole rings is 1. The van der Waals surface area contributed by atoms with Crippen LogP contribution in [0.5, 0.6) is 11.5 Å². The van der Waals surface area contributed by atoms with Crippen LogP contribution in [0.1, 0.15) is 5.69 Å². The van der Waals surface area contributed by atoms with E-state index in [4.69, 9.17) is 9.47 Å². The highest BCUT2D eigenvalue weighted by molar-refractivity contribution is 5.90. The second-order valence-corrected chi connectivity index (χ2v) is 6.23. The van der Waals surface area contributed by atoms with Gasteiger partial charge in [0.2, 0.25) is 5.95 Å². The Hall–Kier alpha value is -3.94. The molecule has 29 heavy (non-hydrogen) atoms. The third-order valence-corrected chi connectivity index (χ3v) is 4.28. The number of nitrogens with zero attached hydrogens (tertiary/aromatic N) is 4. The first kappa shape index (κ1) is 18.4. The number of hydrogen-bond acceptors (Lipinski definition) is 6. The summed E-state index contributed by atoms with van der Waals surface area (Å²) in [5.41, 5.74) is 3.18. The second kappa shape index (κ2) is 7.97. The predicted molar refractivity (Wildman–Crippen MR) is 108 cm³/mol. The minimum Gasteiger partial charge on any atom is -0.493 e. The van der Waals surface area contributed by atoms with Crippen LogP contribution in [0, 0.1) is 6.92 Å². The quantitative estimate of drug-likeness (QED) is 0.545. The highest BCUT2D eigenvalue weighted by Crippen LogP contribution is 2.26. The third kappa shape index (κ3) is 3.86. The van der Waals surface area contributed by atoms with E-state index < -0.39 is 0 Å². The topological polar surface area (TPSA) is 90.6 Å². The van der Waals surface area contributed by atoms with Gasteiger partial charge in [-0.2, -0.15) is 0 Å². The molecule has 3 aromatic heterocycles. The SMILES string of the molecule is COc1ccccc1OCC(=O)Nc1nccc(-c2c(C)nc3ccccn23)n1.